The third-order valence-corrected chi connectivity index (χ3v) is 7.76. The second-order valence-electron chi connectivity index (χ2n) is 12.2. The van der Waals surface area contributed by atoms with Crippen LogP contribution in [0.25, 0.3) is 27.8 Å². The topological polar surface area (TPSA) is 95.3 Å². The van der Waals surface area contributed by atoms with Crippen LogP contribution in [-0.2, 0) is 19.0 Å². The molecule has 5 rings (SSSR count). The summed E-state index contributed by atoms with van der Waals surface area (Å²) in [6.07, 6.45) is 0. The van der Waals surface area contributed by atoms with Crippen molar-refractivity contribution in [3.63, 3.8) is 0 Å². The number of hydrogen-bond donors (Lipinski definition) is 0. The highest BCUT2D eigenvalue weighted by Gasteiger charge is 2.38. The Kier molecular flexibility index (Phi) is 9.22. The molecule has 0 N–H and O–H groups in total. The maximum atomic E-state index is 13.3. The quantitative estimate of drug-likeness (QED) is 0.172. The summed E-state index contributed by atoms with van der Waals surface area (Å²) >= 11 is 0. The van der Waals surface area contributed by atoms with E-state index in [1.54, 1.807) is 42.3 Å². The number of benzene rings is 3. The number of likely N-dealkylation sites (N-methyl/N-ethyl adjacent to an activating group) is 1. The molecule has 0 aliphatic carbocycles. The van der Waals surface area contributed by atoms with Gasteiger partial charge in [0.15, 0.2) is 11.0 Å². The van der Waals surface area contributed by atoms with Crippen LogP contribution < -0.4 is 9.91 Å². The van der Waals surface area contributed by atoms with Crippen LogP contribution in [0, 0.1) is 0 Å². The fourth-order valence-corrected chi connectivity index (χ4v) is 5.30. The van der Waals surface area contributed by atoms with Gasteiger partial charge in [-0.25, -0.2) is 9.28 Å². The molecule has 0 amide bonds. The largest absolute Gasteiger partial charge is 0.459 e. The molecule has 0 unspecified atom stereocenters. The number of carbonyl (C=O) groups is 2. The molecule has 1 fully saturated rings. The molecule has 0 radical (unpaired) electrons. The van der Waals surface area contributed by atoms with E-state index in [0.29, 0.717) is 54.4 Å². The van der Waals surface area contributed by atoms with Gasteiger partial charge in [-0.2, -0.15) is 0 Å². The maximum Gasteiger partial charge on any atom is 0.342 e. The van der Waals surface area contributed by atoms with Crippen LogP contribution in [-0.4, -0.2) is 69.1 Å². The number of fused-ring (bicyclic) bond motifs is 1. The van der Waals surface area contributed by atoms with Crippen LogP contribution in [0.3, 0.4) is 0 Å². The zero-order valence-corrected chi connectivity index (χ0v) is 26.2. The van der Waals surface area contributed by atoms with E-state index in [1.165, 1.54) is 6.07 Å². The summed E-state index contributed by atoms with van der Waals surface area (Å²) < 4.78 is 23.5. The second-order valence-corrected chi connectivity index (χ2v) is 12.2. The van der Waals surface area contributed by atoms with Gasteiger partial charge in [0.25, 0.3) is 0 Å². The number of morpholine rings is 1. The Morgan fingerprint density at radius 1 is 0.933 bits per heavy atom. The lowest BCUT2D eigenvalue weighted by Crippen LogP contribution is -2.58. The zero-order chi connectivity index (χ0) is 32.2. The highest BCUT2D eigenvalue weighted by molar-refractivity contribution is 5.92. The van der Waals surface area contributed by atoms with Crippen LogP contribution in [0.2, 0.25) is 0 Å². The molecule has 1 saturated heterocycles. The Labute approximate surface area is 262 Å². The molecular weight excluding hydrogens is 572 g/mol. The van der Waals surface area contributed by atoms with Crippen LogP contribution in [0.5, 0.6) is 0 Å². The number of quaternary nitrogens is 1. The minimum atomic E-state index is -0.575. The van der Waals surface area contributed by atoms with Gasteiger partial charge in [-0.1, -0.05) is 61.2 Å². The lowest BCUT2D eigenvalue weighted by molar-refractivity contribution is -0.155. The summed E-state index contributed by atoms with van der Waals surface area (Å²) in [6, 6.07) is 23.7. The normalized spacial score (nSPS) is 14.5. The molecule has 0 atom stereocenters. The van der Waals surface area contributed by atoms with E-state index in [9.17, 15) is 14.4 Å². The summed E-state index contributed by atoms with van der Waals surface area (Å²) in [7, 11) is 1.76. The van der Waals surface area contributed by atoms with Gasteiger partial charge < -0.3 is 23.5 Å². The Morgan fingerprint density at radius 3 is 2.27 bits per heavy atom. The molecule has 45 heavy (non-hydrogen) atoms. The SMILES string of the molecule is C=C(c1ccc(C(=O)OC[N+]2(c3cc(=O)c4cccc(-c5ccccc5)c4o3)CCOCC2)cc1)N(C)CC(=O)OC(C)(C)C. The highest BCUT2D eigenvalue weighted by Crippen LogP contribution is 2.33. The van der Waals surface area contributed by atoms with Gasteiger partial charge in [0.2, 0.25) is 6.73 Å². The van der Waals surface area contributed by atoms with Crippen molar-refractivity contribution in [2.24, 2.45) is 0 Å². The number of esters is 2. The van der Waals surface area contributed by atoms with E-state index in [1.807, 2.05) is 63.2 Å². The monoisotopic (exact) mass is 611 g/mol. The summed E-state index contributed by atoms with van der Waals surface area (Å²) in [5.74, 6) is -0.442. The Hall–Kier alpha value is -4.73. The average molecular weight is 612 g/mol. The first-order valence-corrected chi connectivity index (χ1v) is 14.9. The summed E-state index contributed by atoms with van der Waals surface area (Å²) in [5.41, 5.74) is 3.23. The lowest BCUT2D eigenvalue weighted by Gasteiger charge is -2.37. The van der Waals surface area contributed by atoms with Crippen molar-refractivity contribution in [3.8, 4) is 11.1 Å². The van der Waals surface area contributed by atoms with Gasteiger partial charge in [0, 0.05) is 18.3 Å². The molecule has 0 saturated carbocycles. The van der Waals surface area contributed by atoms with Crippen LogP contribution >= 0.6 is 0 Å². The smallest absolute Gasteiger partial charge is 0.342 e. The number of hydrogen-bond acceptors (Lipinski definition) is 8. The summed E-state index contributed by atoms with van der Waals surface area (Å²) in [6.45, 7) is 11.4. The van der Waals surface area contributed by atoms with Gasteiger partial charge in [-0.05, 0) is 50.1 Å². The molecule has 3 aromatic carbocycles. The Bertz CT molecular complexity index is 1750. The molecular formula is C36H39N2O7+. The van der Waals surface area contributed by atoms with Crippen molar-refractivity contribution in [2.45, 2.75) is 26.4 Å². The molecule has 0 bridgehead atoms. The molecule has 9 nitrogen and oxygen atoms in total. The number of nitrogens with zero attached hydrogens (tertiary/aromatic N) is 2. The maximum absolute atomic E-state index is 13.3. The van der Waals surface area contributed by atoms with Gasteiger partial charge in [0.05, 0.1) is 30.2 Å². The van der Waals surface area contributed by atoms with Crippen molar-refractivity contribution >= 4 is 34.5 Å². The molecule has 0 spiro atoms. The van der Waals surface area contributed by atoms with E-state index in [0.717, 1.165) is 16.7 Å². The Morgan fingerprint density at radius 2 is 1.60 bits per heavy atom. The first-order chi connectivity index (χ1) is 21.5. The fourth-order valence-electron chi connectivity index (χ4n) is 5.30. The van der Waals surface area contributed by atoms with Gasteiger partial charge in [0.1, 0.15) is 25.2 Å². The van der Waals surface area contributed by atoms with Gasteiger partial charge >= 0.3 is 17.8 Å². The first-order valence-electron chi connectivity index (χ1n) is 14.9. The zero-order valence-electron chi connectivity index (χ0n) is 26.2. The van der Waals surface area contributed by atoms with E-state index in [-0.39, 0.29) is 29.2 Å². The van der Waals surface area contributed by atoms with Crippen molar-refractivity contribution in [1.82, 2.24) is 9.38 Å². The minimum absolute atomic E-state index is 0.0305. The second kappa shape index (κ2) is 13.1. The third kappa shape index (κ3) is 7.33. The average Bonchev–Trinajstić information content (AvgIpc) is 3.03. The lowest BCUT2D eigenvalue weighted by atomic mass is 10.0. The molecule has 234 valence electrons. The molecule has 1 aliphatic heterocycles. The van der Waals surface area contributed by atoms with E-state index >= 15 is 0 Å². The molecule has 2 heterocycles. The van der Waals surface area contributed by atoms with Crippen LogP contribution in [0.1, 0.15) is 36.7 Å². The fraction of sp³-hybridized carbons (Fsp3) is 0.306. The number of para-hydroxylation sites is 1. The van der Waals surface area contributed by atoms with Crippen molar-refractivity contribution < 1.29 is 28.2 Å². The van der Waals surface area contributed by atoms with E-state index < -0.39 is 11.6 Å². The van der Waals surface area contributed by atoms with E-state index in [4.69, 9.17) is 18.6 Å². The third-order valence-electron chi connectivity index (χ3n) is 7.76. The Balaban J connectivity index is 1.34. The van der Waals surface area contributed by atoms with Crippen LogP contribution in [0.4, 0.5) is 5.88 Å². The van der Waals surface area contributed by atoms with E-state index in [2.05, 4.69) is 6.58 Å². The molecule has 1 aromatic heterocycles. The summed E-state index contributed by atoms with van der Waals surface area (Å²) in [5, 5.41) is 0.488. The van der Waals surface area contributed by atoms with Crippen molar-refractivity contribution in [2.75, 3.05) is 46.6 Å². The predicted molar refractivity (Wildman–Crippen MR) is 175 cm³/mol. The van der Waals surface area contributed by atoms with Gasteiger partial charge in [-0.3, -0.25) is 9.59 Å². The predicted octanol–water partition coefficient (Wildman–Crippen LogP) is 5.86. The highest BCUT2D eigenvalue weighted by atomic mass is 16.6. The number of carbonyl (C=O) groups excluding carboxylic acids is 2. The van der Waals surface area contributed by atoms with Gasteiger partial charge in [-0.15, -0.1) is 0 Å². The standard InChI is InChI=1S/C36H39N2O7/c1-25(37(5)23-33(40)45-36(2,3)4)26-14-16-28(17-15-26)35(41)43-24-38(18-20-42-21-19-38)32-22-31(39)30-13-9-12-29(34(30)44-32)27-10-7-6-8-11-27/h6-17,22H,1,18-21,23-24H2,2-5H3/q+1. The molecule has 1 aliphatic rings. The number of ether oxygens (including phenoxy) is 3. The minimum Gasteiger partial charge on any atom is -0.459 e. The van der Waals surface area contributed by atoms with Crippen LogP contribution in [0.15, 0.2) is 94.7 Å². The number of rotatable bonds is 9. The molecule has 9 heteroatoms. The van der Waals surface area contributed by atoms with Crippen molar-refractivity contribution in [1.29, 1.82) is 0 Å². The van der Waals surface area contributed by atoms with Crippen molar-refractivity contribution in [3.05, 3.63) is 107 Å². The molecule has 4 aromatic rings. The first kappa shape index (κ1) is 31.7. The summed E-state index contributed by atoms with van der Waals surface area (Å²) in [4.78, 5) is 40.5.